The Labute approximate surface area is 168 Å². The normalized spacial score (nSPS) is 12.5. The predicted molar refractivity (Wildman–Crippen MR) is 112 cm³/mol. The van der Waals surface area contributed by atoms with Crippen LogP contribution in [0.25, 0.3) is 0 Å². The summed E-state index contributed by atoms with van der Waals surface area (Å²) in [6.45, 7) is 4.67. The lowest BCUT2D eigenvalue weighted by molar-refractivity contribution is -0.121. The number of sulfonamides is 1. The van der Waals surface area contributed by atoms with Crippen molar-refractivity contribution >= 4 is 15.9 Å². The SMILES string of the molecule is CCCCCNC(=O)CCc1ccc(S(=O)(=O)N[C@@H](C)c2ccccc2)cc1. The van der Waals surface area contributed by atoms with Gasteiger partial charge in [0, 0.05) is 19.0 Å². The number of hydrogen-bond donors (Lipinski definition) is 2. The second-order valence-electron chi connectivity index (χ2n) is 6.95. The monoisotopic (exact) mass is 402 g/mol. The number of nitrogens with one attached hydrogen (secondary N) is 2. The Morgan fingerprint density at radius 2 is 1.68 bits per heavy atom. The Kier molecular flexibility index (Phi) is 8.67. The zero-order valence-electron chi connectivity index (χ0n) is 16.6. The number of hydrogen-bond acceptors (Lipinski definition) is 3. The summed E-state index contributed by atoms with van der Waals surface area (Å²) in [5, 5.41) is 2.92. The molecule has 0 aromatic heterocycles. The summed E-state index contributed by atoms with van der Waals surface area (Å²) in [5.41, 5.74) is 1.85. The third-order valence-electron chi connectivity index (χ3n) is 4.61. The lowest BCUT2D eigenvalue weighted by atomic mass is 10.1. The van der Waals surface area contributed by atoms with Crippen molar-refractivity contribution in [3.63, 3.8) is 0 Å². The number of benzene rings is 2. The van der Waals surface area contributed by atoms with Gasteiger partial charge in [-0.2, -0.15) is 0 Å². The van der Waals surface area contributed by atoms with Crippen molar-refractivity contribution in [3.8, 4) is 0 Å². The summed E-state index contributed by atoms with van der Waals surface area (Å²) in [4.78, 5) is 12.1. The van der Waals surface area contributed by atoms with Crippen molar-refractivity contribution in [2.24, 2.45) is 0 Å². The molecule has 0 saturated carbocycles. The van der Waals surface area contributed by atoms with Crippen LogP contribution >= 0.6 is 0 Å². The molecule has 0 fully saturated rings. The average Bonchev–Trinajstić information content (AvgIpc) is 2.70. The van der Waals surface area contributed by atoms with Gasteiger partial charge in [-0.15, -0.1) is 0 Å². The van der Waals surface area contributed by atoms with Gasteiger partial charge >= 0.3 is 0 Å². The summed E-state index contributed by atoms with van der Waals surface area (Å²) in [6, 6.07) is 15.9. The van der Waals surface area contributed by atoms with Crippen molar-refractivity contribution in [1.29, 1.82) is 0 Å². The van der Waals surface area contributed by atoms with Crippen LogP contribution in [0.4, 0.5) is 0 Å². The van der Waals surface area contributed by atoms with Gasteiger partial charge < -0.3 is 5.32 Å². The first kappa shape index (κ1) is 22.1. The maximum absolute atomic E-state index is 12.6. The van der Waals surface area contributed by atoms with Crippen LogP contribution in [0.15, 0.2) is 59.5 Å². The van der Waals surface area contributed by atoms with Crippen LogP contribution in [0.1, 0.15) is 56.7 Å². The highest BCUT2D eigenvalue weighted by molar-refractivity contribution is 7.89. The van der Waals surface area contributed by atoms with E-state index in [4.69, 9.17) is 0 Å². The number of carbonyl (C=O) groups is 1. The molecule has 0 bridgehead atoms. The van der Waals surface area contributed by atoms with E-state index in [1.807, 2.05) is 37.3 Å². The Balaban J connectivity index is 1.87. The van der Waals surface area contributed by atoms with Gasteiger partial charge in [0.25, 0.3) is 0 Å². The summed E-state index contributed by atoms with van der Waals surface area (Å²) in [6.07, 6.45) is 4.25. The van der Waals surface area contributed by atoms with E-state index in [1.54, 1.807) is 24.3 Å². The van der Waals surface area contributed by atoms with Crippen LogP contribution < -0.4 is 10.0 Å². The van der Waals surface area contributed by atoms with E-state index in [1.165, 1.54) is 0 Å². The minimum Gasteiger partial charge on any atom is -0.356 e. The molecule has 0 unspecified atom stereocenters. The Hall–Kier alpha value is -2.18. The molecule has 2 rings (SSSR count). The van der Waals surface area contributed by atoms with Gasteiger partial charge in [-0.1, -0.05) is 62.2 Å². The van der Waals surface area contributed by atoms with E-state index in [-0.39, 0.29) is 16.8 Å². The van der Waals surface area contributed by atoms with Gasteiger partial charge in [-0.3, -0.25) is 4.79 Å². The smallest absolute Gasteiger partial charge is 0.241 e. The molecule has 5 nitrogen and oxygen atoms in total. The second-order valence-corrected chi connectivity index (χ2v) is 8.67. The molecule has 1 atom stereocenters. The van der Waals surface area contributed by atoms with Gasteiger partial charge in [0.15, 0.2) is 0 Å². The van der Waals surface area contributed by atoms with Crippen molar-refractivity contribution in [2.75, 3.05) is 6.54 Å². The average molecular weight is 403 g/mol. The summed E-state index contributed by atoms with van der Waals surface area (Å²) < 4.78 is 27.9. The molecule has 0 heterocycles. The Bertz CT molecular complexity index is 834. The predicted octanol–water partition coefficient (Wildman–Crippen LogP) is 3.97. The molecule has 2 aromatic carbocycles. The zero-order chi connectivity index (χ0) is 20.4. The fraction of sp³-hybridized carbons (Fsp3) is 0.409. The Morgan fingerprint density at radius 3 is 2.32 bits per heavy atom. The van der Waals surface area contributed by atoms with E-state index in [0.29, 0.717) is 12.8 Å². The highest BCUT2D eigenvalue weighted by Crippen LogP contribution is 2.17. The lowest BCUT2D eigenvalue weighted by Crippen LogP contribution is -2.26. The van der Waals surface area contributed by atoms with Crippen LogP contribution in [0.2, 0.25) is 0 Å². The molecule has 1 amide bonds. The number of carbonyl (C=O) groups excluding carboxylic acids is 1. The Morgan fingerprint density at radius 1 is 1.00 bits per heavy atom. The molecule has 2 N–H and O–H groups in total. The van der Waals surface area contributed by atoms with Crippen LogP contribution in [-0.4, -0.2) is 20.9 Å². The fourth-order valence-electron chi connectivity index (χ4n) is 2.89. The molecule has 0 radical (unpaired) electrons. The number of amides is 1. The van der Waals surface area contributed by atoms with Crippen molar-refractivity contribution in [2.45, 2.75) is 56.9 Å². The zero-order valence-corrected chi connectivity index (χ0v) is 17.5. The molecule has 0 aliphatic carbocycles. The maximum atomic E-state index is 12.6. The molecule has 0 saturated heterocycles. The summed E-state index contributed by atoms with van der Waals surface area (Å²) >= 11 is 0. The highest BCUT2D eigenvalue weighted by atomic mass is 32.2. The van der Waals surface area contributed by atoms with E-state index >= 15 is 0 Å². The van der Waals surface area contributed by atoms with Gasteiger partial charge in [-0.25, -0.2) is 13.1 Å². The van der Waals surface area contributed by atoms with Crippen molar-refractivity contribution in [1.82, 2.24) is 10.0 Å². The van der Waals surface area contributed by atoms with Gasteiger partial charge in [0.1, 0.15) is 0 Å². The van der Waals surface area contributed by atoms with Gasteiger partial charge in [0.2, 0.25) is 15.9 Å². The molecule has 0 aliphatic rings. The summed E-state index contributed by atoms with van der Waals surface area (Å²) in [7, 11) is -3.60. The standard InChI is InChI=1S/C22H30N2O3S/c1-3-4-8-17-23-22(25)16-13-19-11-14-21(15-12-19)28(26,27)24-18(2)20-9-6-5-7-10-20/h5-7,9-12,14-15,18,24H,3-4,8,13,16-17H2,1-2H3,(H,23,25)/t18-/m0/s1. The van der Waals surface area contributed by atoms with Crippen LogP contribution in [0, 0.1) is 0 Å². The molecule has 152 valence electrons. The minimum absolute atomic E-state index is 0.0335. The summed E-state index contributed by atoms with van der Waals surface area (Å²) in [5.74, 6) is 0.0335. The van der Waals surface area contributed by atoms with E-state index in [0.717, 1.165) is 36.9 Å². The fourth-order valence-corrected chi connectivity index (χ4v) is 4.13. The van der Waals surface area contributed by atoms with E-state index < -0.39 is 10.0 Å². The molecule has 28 heavy (non-hydrogen) atoms. The molecular weight excluding hydrogens is 372 g/mol. The van der Waals surface area contributed by atoms with Crippen LogP contribution in [-0.2, 0) is 21.2 Å². The van der Waals surface area contributed by atoms with Crippen LogP contribution in [0.5, 0.6) is 0 Å². The first-order chi connectivity index (χ1) is 13.4. The van der Waals surface area contributed by atoms with Crippen molar-refractivity contribution in [3.05, 3.63) is 65.7 Å². The first-order valence-electron chi connectivity index (χ1n) is 9.85. The molecule has 6 heteroatoms. The number of aryl methyl sites for hydroxylation is 1. The van der Waals surface area contributed by atoms with Crippen LogP contribution in [0.3, 0.4) is 0 Å². The maximum Gasteiger partial charge on any atom is 0.241 e. The first-order valence-corrected chi connectivity index (χ1v) is 11.3. The molecule has 0 aliphatic heterocycles. The highest BCUT2D eigenvalue weighted by Gasteiger charge is 2.18. The number of rotatable bonds is 11. The minimum atomic E-state index is -3.60. The third kappa shape index (κ3) is 7.09. The number of unbranched alkanes of at least 4 members (excludes halogenated alkanes) is 2. The van der Waals surface area contributed by atoms with Crippen molar-refractivity contribution < 1.29 is 13.2 Å². The van der Waals surface area contributed by atoms with E-state index in [2.05, 4.69) is 17.0 Å². The van der Waals surface area contributed by atoms with Gasteiger partial charge in [0.05, 0.1) is 4.90 Å². The van der Waals surface area contributed by atoms with Gasteiger partial charge in [-0.05, 0) is 43.0 Å². The topological polar surface area (TPSA) is 75.3 Å². The quantitative estimate of drug-likeness (QED) is 0.559. The largest absolute Gasteiger partial charge is 0.356 e. The lowest BCUT2D eigenvalue weighted by Gasteiger charge is -2.15. The molecular formula is C22H30N2O3S. The third-order valence-corrected chi connectivity index (χ3v) is 6.17. The second kappa shape index (κ2) is 11.0. The van der Waals surface area contributed by atoms with E-state index in [9.17, 15) is 13.2 Å². The molecule has 0 spiro atoms. The molecule has 2 aromatic rings.